The highest BCUT2D eigenvalue weighted by Gasteiger charge is 2.16. The number of hydrogen-bond donors (Lipinski definition) is 2. The van der Waals surface area contributed by atoms with E-state index < -0.39 is 10.0 Å². The lowest BCUT2D eigenvalue weighted by atomic mass is 10.0. The van der Waals surface area contributed by atoms with Gasteiger partial charge in [0, 0.05) is 25.2 Å². The molecule has 1 aliphatic heterocycles. The van der Waals surface area contributed by atoms with Crippen LogP contribution in [0.4, 0.5) is 5.69 Å². The number of fused-ring (bicyclic) bond motifs is 1. The van der Waals surface area contributed by atoms with Gasteiger partial charge < -0.3 is 5.32 Å². The van der Waals surface area contributed by atoms with Crippen molar-refractivity contribution in [3.63, 3.8) is 0 Å². The monoisotopic (exact) mass is 264 g/mol. The summed E-state index contributed by atoms with van der Waals surface area (Å²) >= 11 is 0. The van der Waals surface area contributed by atoms with E-state index in [-0.39, 0.29) is 11.4 Å². The van der Waals surface area contributed by atoms with Crippen molar-refractivity contribution < 1.29 is 8.42 Å². The summed E-state index contributed by atoms with van der Waals surface area (Å²) in [4.78, 5) is 0.285. The summed E-state index contributed by atoms with van der Waals surface area (Å²) in [6.07, 6.45) is 7.56. The topological polar surface area (TPSA) is 58.2 Å². The number of hydrogen-bond acceptors (Lipinski definition) is 3. The molecule has 0 amide bonds. The van der Waals surface area contributed by atoms with E-state index in [4.69, 9.17) is 6.42 Å². The second-order valence-electron chi connectivity index (χ2n) is 4.20. The largest absolute Gasteiger partial charge is 0.385 e. The molecule has 0 unspecified atom stereocenters. The molecule has 1 aliphatic rings. The normalized spacial score (nSPS) is 14.4. The van der Waals surface area contributed by atoms with Crippen LogP contribution in [-0.4, -0.2) is 21.5 Å². The molecule has 1 heterocycles. The summed E-state index contributed by atoms with van der Waals surface area (Å²) in [5, 5.41) is 3.22. The van der Waals surface area contributed by atoms with E-state index in [0.717, 1.165) is 25.1 Å². The number of aryl methyl sites for hydroxylation is 1. The summed E-state index contributed by atoms with van der Waals surface area (Å²) in [6, 6.07) is 5.20. The van der Waals surface area contributed by atoms with E-state index in [1.54, 1.807) is 12.1 Å². The highest BCUT2D eigenvalue weighted by Crippen LogP contribution is 2.24. The quantitative estimate of drug-likeness (QED) is 0.637. The molecule has 5 heteroatoms. The molecular formula is C13H16N2O2S. The molecule has 0 atom stereocenters. The standard InChI is InChI=1S/C13H16N2O2S/c1-2-3-9-15-18(16,17)12-7-6-11-5-4-8-14-13(11)10-12/h1,6-7,10,14-15H,3-5,8-9H2. The van der Waals surface area contributed by atoms with E-state index in [1.807, 2.05) is 6.07 Å². The SMILES string of the molecule is C#CCCNS(=O)(=O)c1ccc2c(c1)NCCC2. The summed E-state index contributed by atoms with van der Waals surface area (Å²) in [5.41, 5.74) is 2.09. The molecule has 96 valence electrons. The average Bonchev–Trinajstić information content (AvgIpc) is 2.38. The first-order valence-electron chi connectivity index (χ1n) is 5.93. The van der Waals surface area contributed by atoms with E-state index >= 15 is 0 Å². The maximum Gasteiger partial charge on any atom is 0.240 e. The van der Waals surface area contributed by atoms with Crippen molar-refractivity contribution in [3.05, 3.63) is 23.8 Å². The zero-order valence-corrected chi connectivity index (χ0v) is 10.9. The maximum absolute atomic E-state index is 12.0. The van der Waals surface area contributed by atoms with Crippen LogP contribution < -0.4 is 10.0 Å². The first-order valence-corrected chi connectivity index (χ1v) is 7.42. The Hall–Kier alpha value is -1.51. The second kappa shape index (κ2) is 5.42. The smallest absolute Gasteiger partial charge is 0.240 e. The highest BCUT2D eigenvalue weighted by molar-refractivity contribution is 7.89. The Morgan fingerprint density at radius 3 is 3.06 bits per heavy atom. The maximum atomic E-state index is 12.0. The Morgan fingerprint density at radius 2 is 2.28 bits per heavy atom. The molecule has 4 nitrogen and oxygen atoms in total. The van der Waals surface area contributed by atoms with Crippen LogP contribution in [0.5, 0.6) is 0 Å². The zero-order chi connectivity index (χ0) is 13.0. The Labute approximate surface area is 108 Å². The fourth-order valence-electron chi connectivity index (χ4n) is 1.95. The first kappa shape index (κ1) is 12.9. The Bertz CT molecular complexity index is 573. The molecule has 0 saturated heterocycles. The fourth-order valence-corrected chi connectivity index (χ4v) is 3.01. The predicted octanol–water partition coefficient (Wildman–Crippen LogP) is 1.35. The lowest BCUT2D eigenvalue weighted by Gasteiger charge is -2.18. The molecule has 0 radical (unpaired) electrons. The van der Waals surface area contributed by atoms with Crippen molar-refractivity contribution in [2.45, 2.75) is 24.2 Å². The molecule has 0 fully saturated rings. The Kier molecular flexibility index (Phi) is 3.90. The fraction of sp³-hybridized carbons (Fsp3) is 0.385. The van der Waals surface area contributed by atoms with Gasteiger partial charge in [0.05, 0.1) is 4.90 Å². The van der Waals surface area contributed by atoms with Crippen LogP contribution >= 0.6 is 0 Å². The molecule has 0 bridgehead atoms. The van der Waals surface area contributed by atoms with Gasteiger partial charge in [-0.25, -0.2) is 13.1 Å². The zero-order valence-electron chi connectivity index (χ0n) is 10.1. The minimum absolute atomic E-state index is 0.267. The highest BCUT2D eigenvalue weighted by atomic mass is 32.2. The van der Waals surface area contributed by atoms with Gasteiger partial charge in [-0.2, -0.15) is 0 Å². The summed E-state index contributed by atoms with van der Waals surface area (Å²) < 4.78 is 26.5. The van der Waals surface area contributed by atoms with Crippen LogP contribution in [0.25, 0.3) is 0 Å². The van der Waals surface area contributed by atoms with Crippen LogP contribution in [0.1, 0.15) is 18.4 Å². The predicted molar refractivity (Wildman–Crippen MR) is 71.9 cm³/mol. The summed E-state index contributed by atoms with van der Waals surface area (Å²) in [5.74, 6) is 2.40. The van der Waals surface area contributed by atoms with Gasteiger partial charge in [0.1, 0.15) is 0 Å². The summed E-state index contributed by atoms with van der Waals surface area (Å²) in [7, 11) is -3.45. The van der Waals surface area contributed by atoms with Crippen LogP contribution in [-0.2, 0) is 16.4 Å². The second-order valence-corrected chi connectivity index (χ2v) is 5.97. The number of sulfonamides is 1. The molecule has 0 aromatic heterocycles. The molecule has 0 spiro atoms. The number of rotatable bonds is 4. The minimum Gasteiger partial charge on any atom is -0.385 e. The van der Waals surface area contributed by atoms with Crippen molar-refractivity contribution >= 4 is 15.7 Å². The number of nitrogens with one attached hydrogen (secondary N) is 2. The molecule has 1 aromatic rings. The van der Waals surface area contributed by atoms with Crippen LogP contribution in [0.3, 0.4) is 0 Å². The van der Waals surface area contributed by atoms with Gasteiger partial charge in [-0.3, -0.25) is 0 Å². The lowest BCUT2D eigenvalue weighted by Crippen LogP contribution is -2.25. The van der Waals surface area contributed by atoms with Gasteiger partial charge in [0.25, 0.3) is 0 Å². The van der Waals surface area contributed by atoms with Crippen molar-refractivity contribution in [2.75, 3.05) is 18.4 Å². The van der Waals surface area contributed by atoms with E-state index in [2.05, 4.69) is 16.0 Å². The van der Waals surface area contributed by atoms with Crippen LogP contribution in [0.15, 0.2) is 23.1 Å². The van der Waals surface area contributed by atoms with Crippen LogP contribution in [0.2, 0.25) is 0 Å². The number of terminal acetylenes is 1. The van der Waals surface area contributed by atoms with Crippen molar-refractivity contribution in [2.24, 2.45) is 0 Å². The minimum atomic E-state index is -3.45. The number of anilines is 1. The van der Waals surface area contributed by atoms with Crippen molar-refractivity contribution in [3.8, 4) is 12.3 Å². The van der Waals surface area contributed by atoms with E-state index in [1.165, 1.54) is 5.56 Å². The lowest BCUT2D eigenvalue weighted by molar-refractivity contribution is 0.582. The van der Waals surface area contributed by atoms with Crippen molar-refractivity contribution in [1.82, 2.24) is 4.72 Å². The molecule has 1 aromatic carbocycles. The van der Waals surface area contributed by atoms with E-state index in [9.17, 15) is 8.42 Å². The molecule has 2 rings (SSSR count). The molecule has 2 N–H and O–H groups in total. The van der Waals surface area contributed by atoms with Gasteiger partial charge in [-0.15, -0.1) is 12.3 Å². The molecule has 0 aliphatic carbocycles. The average molecular weight is 264 g/mol. The third-order valence-corrected chi connectivity index (χ3v) is 4.35. The van der Waals surface area contributed by atoms with E-state index in [0.29, 0.717) is 6.42 Å². The van der Waals surface area contributed by atoms with Crippen molar-refractivity contribution in [1.29, 1.82) is 0 Å². The number of benzene rings is 1. The van der Waals surface area contributed by atoms with Crippen LogP contribution in [0, 0.1) is 12.3 Å². The third kappa shape index (κ3) is 2.84. The van der Waals surface area contributed by atoms with Gasteiger partial charge >= 0.3 is 0 Å². The Morgan fingerprint density at radius 1 is 1.44 bits per heavy atom. The van der Waals surface area contributed by atoms with Gasteiger partial charge in [0.15, 0.2) is 0 Å². The van der Waals surface area contributed by atoms with Gasteiger partial charge in [-0.1, -0.05) is 6.07 Å². The molecule has 18 heavy (non-hydrogen) atoms. The molecule has 0 saturated carbocycles. The Balaban J connectivity index is 2.20. The first-order chi connectivity index (χ1) is 8.63. The molecular weight excluding hydrogens is 248 g/mol. The summed E-state index contributed by atoms with van der Waals surface area (Å²) in [6.45, 7) is 1.16. The van der Waals surface area contributed by atoms with Gasteiger partial charge in [0.2, 0.25) is 10.0 Å². The third-order valence-electron chi connectivity index (χ3n) is 2.89. The van der Waals surface area contributed by atoms with Gasteiger partial charge in [-0.05, 0) is 30.5 Å².